The second kappa shape index (κ2) is 11.7. The number of ether oxygens (including phenoxy) is 2. The Hall–Kier alpha value is -2.35. The van der Waals surface area contributed by atoms with Crippen molar-refractivity contribution in [1.29, 1.82) is 0 Å². The quantitative estimate of drug-likeness (QED) is 0.335. The van der Waals surface area contributed by atoms with Gasteiger partial charge in [-0.15, -0.1) is 0 Å². The number of urea groups is 1. The van der Waals surface area contributed by atoms with Crippen molar-refractivity contribution in [3.63, 3.8) is 0 Å². The molecule has 0 aliphatic heterocycles. The maximum absolute atomic E-state index is 13.4. The molecule has 1 atom stereocenters. The number of hydrogen-bond acceptors (Lipinski definition) is 5. The lowest BCUT2D eigenvalue weighted by molar-refractivity contribution is 0.0514. The van der Waals surface area contributed by atoms with Gasteiger partial charge in [-0.05, 0) is 60.5 Å². The fourth-order valence-corrected chi connectivity index (χ4v) is 3.46. The highest BCUT2D eigenvalue weighted by molar-refractivity contribution is 6.06. The predicted molar refractivity (Wildman–Crippen MR) is 116 cm³/mol. The van der Waals surface area contributed by atoms with Crippen LogP contribution in [0.5, 0.6) is 0 Å². The first-order chi connectivity index (χ1) is 14.1. The van der Waals surface area contributed by atoms with Crippen LogP contribution in [0.1, 0.15) is 73.1 Å². The van der Waals surface area contributed by atoms with E-state index in [2.05, 4.69) is 5.32 Å². The van der Waals surface area contributed by atoms with Crippen LogP contribution in [0, 0.1) is 13.8 Å². The van der Waals surface area contributed by atoms with Crippen molar-refractivity contribution in [3.8, 4) is 0 Å². The minimum atomic E-state index is -0.694. The second-order valence-electron chi connectivity index (χ2n) is 7.60. The molecule has 170 valence electrons. The summed E-state index contributed by atoms with van der Waals surface area (Å²) < 4.78 is 12.2. The van der Waals surface area contributed by atoms with Gasteiger partial charge in [-0.25, -0.2) is 9.59 Å². The Bertz CT molecular complexity index is 754. The molecule has 0 radical (unpaired) electrons. The average Bonchev–Trinajstić information content (AvgIpc) is 2.89. The molecule has 0 aliphatic rings. The summed E-state index contributed by atoms with van der Waals surface area (Å²) in [5.74, 6) is -0.662. The molecule has 0 bridgehead atoms. The summed E-state index contributed by atoms with van der Waals surface area (Å²) in [6.07, 6.45) is 0.623. The van der Waals surface area contributed by atoms with Crippen LogP contribution in [-0.4, -0.2) is 65.7 Å². The highest BCUT2D eigenvalue weighted by atomic mass is 16.5. The molecule has 0 aliphatic carbocycles. The van der Waals surface area contributed by atoms with Gasteiger partial charge in [-0.3, -0.25) is 4.79 Å². The summed E-state index contributed by atoms with van der Waals surface area (Å²) in [4.78, 5) is 40.1. The molecular weight excluding hydrogens is 386 g/mol. The fraction of sp³-hybridized carbons (Fsp3) is 0.682. The molecule has 30 heavy (non-hydrogen) atoms. The van der Waals surface area contributed by atoms with E-state index in [1.54, 1.807) is 39.3 Å². The minimum Gasteiger partial charge on any atom is -0.461 e. The molecule has 8 nitrogen and oxygen atoms in total. The van der Waals surface area contributed by atoms with Gasteiger partial charge in [0.1, 0.15) is 5.69 Å². The van der Waals surface area contributed by atoms with E-state index in [1.165, 1.54) is 4.90 Å². The summed E-state index contributed by atoms with van der Waals surface area (Å²) in [7, 11) is 1.74. The highest BCUT2D eigenvalue weighted by Crippen LogP contribution is 2.25. The van der Waals surface area contributed by atoms with Crippen molar-refractivity contribution in [2.45, 2.75) is 67.0 Å². The summed E-state index contributed by atoms with van der Waals surface area (Å²) in [6.45, 7) is 14.4. The van der Waals surface area contributed by atoms with Gasteiger partial charge in [0.15, 0.2) is 5.78 Å². The molecule has 1 aromatic rings. The molecule has 1 N–H and O–H groups in total. The van der Waals surface area contributed by atoms with E-state index in [1.807, 2.05) is 20.8 Å². The van der Waals surface area contributed by atoms with Gasteiger partial charge in [-0.2, -0.15) is 0 Å². The third kappa shape index (κ3) is 6.08. The largest absolute Gasteiger partial charge is 0.461 e. The highest BCUT2D eigenvalue weighted by Gasteiger charge is 2.32. The number of carbonyl (C=O) groups is 3. The van der Waals surface area contributed by atoms with Crippen molar-refractivity contribution < 1.29 is 23.9 Å². The Morgan fingerprint density at radius 3 is 2.27 bits per heavy atom. The van der Waals surface area contributed by atoms with E-state index in [9.17, 15) is 14.4 Å². The Kier molecular flexibility index (Phi) is 10.0. The lowest BCUT2D eigenvalue weighted by Crippen LogP contribution is -2.50. The minimum absolute atomic E-state index is 0.0511. The first kappa shape index (κ1) is 25.7. The standard InChI is InChI=1S/C22H37N3O5/c1-9-29-13-11-12-25(22(28)23-14(3)4)17(7)20(26)18-15(5)19(21(27)30-10-2)24(8)16(18)6/h14,17H,9-13H2,1-8H3,(H,23,28). The number of ketones is 1. The normalized spacial score (nSPS) is 12.0. The van der Waals surface area contributed by atoms with Gasteiger partial charge in [0.2, 0.25) is 0 Å². The number of Topliss-reactive ketones (excluding diaryl/α,β-unsaturated/α-hetero) is 1. The van der Waals surface area contributed by atoms with E-state index in [0.717, 1.165) is 0 Å². The summed E-state index contributed by atoms with van der Waals surface area (Å²) >= 11 is 0. The third-order valence-corrected chi connectivity index (χ3v) is 5.06. The van der Waals surface area contributed by atoms with Gasteiger partial charge >= 0.3 is 12.0 Å². The molecule has 0 saturated carbocycles. The molecule has 0 saturated heterocycles. The van der Waals surface area contributed by atoms with Crippen molar-refractivity contribution in [3.05, 3.63) is 22.5 Å². The van der Waals surface area contributed by atoms with E-state index in [-0.39, 0.29) is 24.5 Å². The van der Waals surface area contributed by atoms with Crippen LogP contribution in [0.25, 0.3) is 0 Å². The molecule has 0 spiro atoms. The SMILES string of the molecule is CCOCCCN(C(=O)NC(C)C)C(C)C(=O)c1c(C)c(C(=O)OCC)n(C)c1C. The number of hydrogen-bond donors (Lipinski definition) is 1. The van der Waals surface area contributed by atoms with E-state index in [4.69, 9.17) is 9.47 Å². The Morgan fingerprint density at radius 1 is 1.10 bits per heavy atom. The van der Waals surface area contributed by atoms with Crippen LogP contribution in [-0.2, 0) is 16.5 Å². The summed E-state index contributed by atoms with van der Waals surface area (Å²) in [6, 6.07) is -1.04. The van der Waals surface area contributed by atoms with Crippen LogP contribution >= 0.6 is 0 Å². The number of esters is 1. The molecule has 1 unspecified atom stereocenters. The topological polar surface area (TPSA) is 89.9 Å². The molecule has 2 amide bonds. The first-order valence-corrected chi connectivity index (χ1v) is 10.6. The monoisotopic (exact) mass is 423 g/mol. The number of amides is 2. The lowest BCUT2D eigenvalue weighted by Gasteiger charge is -2.29. The van der Waals surface area contributed by atoms with Crippen LogP contribution in [0.15, 0.2) is 0 Å². The van der Waals surface area contributed by atoms with Gasteiger partial charge in [0.25, 0.3) is 0 Å². The Balaban J connectivity index is 3.22. The molecular formula is C22H37N3O5. The van der Waals surface area contributed by atoms with E-state index < -0.39 is 12.0 Å². The molecule has 1 heterocycles. The van der Waals surface area contributed by atoms with E-state index >= 15 is 0 Å². The zero-order chi connectivity index (χ0) is 23.0. The van der Waals surface area contributed by atoms with Crippen LogP contribution in [0.4, 0.5) is 4.79 Å². The van der Waals surface area contributed by atoms with Gasteiger partial charge in [0.05, 0.1) is 12.6 Å². The number of rotatable bonds is 11. The molecule has 1 rings (SSSR count). The van der Waals surface area contributed by atoms with Gasteiger partial charge in [-0.1, -0.05) is 0 Å². The zero-order valence-corrected chi connectivity index (χ0v) is 19.6. The third-order valence-electron chi connectivity index (χ3n) is 5.06. The van der Waals surface area contributed by atoms with Crippen LogP contribution in [0.2, 0.25) is 0 Å². The maximum atomic E-state index is 13.4. The molecule has 0 fully saturated rings. The molecule has 0 aromatic carbocycles. The van der Waals surface area contributed by atoms with Crippen molar-refractivity contribution in [2.24, 2.45) is 7.05 Å². The fourth-order valence-electron chi connectivity index (χ4n) is 3.46. The first-order valence-electron chi connectivity index (χ1n) is 10.6. The maximum Gasteiger partial charge on any atom is 0.355 e. The number of nitrogens with zero attached hydrogens (tertiary/aromatic N) is 2. The summed E-state index contributed by atoms with van der Waals surface area (Å²) in [5.41, 5.74) is 2.06. The zero-order valence-electron chi connectivity index (χ0n) is 19.6. The molecule has 8 heteroatoms. The number of nitrogens with one attached hydrogen (secondary N) is 1. The summed E-state index contributed by atoms with van der Waals surface area (Å²) in [5, 5.41) is 2.87. The van der Waals surface area contributed by atoms with Crippen molar-refractivity contribution >= 4 is 17.8 Å². The lowest BCUT2D eigenvalue weighted by atomic mass is 10.00. The number of carbonyl (C=O) groups excluding carboxylic acids is 3. The number of aromatic nitrogens is 1. The Morgan fingerprint density at radius 2 is 1.73 bits per heavy atom. The van der Waals surface area contributed by atoms with Crippen molar-refractivity contribution in [2.75, 3.05) is 26.4 Å². The average molecular weight is 424 g/mol. The van der Waals surface area contributed by atoms with Gasteiger partial charge in [0, 0.05) is 44.1 Å². The van der Waals surface area contributed by atoms with Gasteiger partial charge < -0.3 is 24.3 Å². The van der Waals surface area contributed by atoms with Crippen LogP contribution < -0.4 is 5.32 Å². The predicted octanol–water partition coefficient (Wildman–Crippen LogP) is 3.24. The second-order valence-corrected chi connectivity index (χ2v) is 7.60. The molecule has 1 aromatic heterocycles. The van der Waals surface area contributed by atoms with Crippen molar-refractivity contribution in [1.82, 2.24) is 14.8 Å². The van der Waals surface area contributed by atoms with Crippen LogP contribution in [0.3, 0.4) is 0 Å². The Labute approximate surface area is 179 Å². The smallest absolute Gasteiger partial charge is 0.355 e. The van der Waals surface area contributed by atoms with E-state index in [0.29, 0.717) is 48.7 Å².